The molecule has 1 unspecified atom stereocenters. The lowest BCUT2D eigenvalue weighted by Crippen LogP contribution is -2.33. The van der Waals surface area contributed by atoms with Crippen LogP contribution in [0.25, 0.3) is 0 Å². The molecule has 2 aliphatic rings. The molecule has 0 aliphatic carbocycles. The van der Waals surface area contributed by atoms with Crippen LogP contribution in [0.4, 0.5) is 10.5 Å². The van der Waals surface area contributed by atoms with E-state index in [0.29, 0.717) is 43.5 Å². The lowest BCUT2D eigenvalue weighted by atomic mass is 10.1. The number of carbonyl (C=O) groups excluding carboxylic acids is 1. The molecule has 0 saturated carbocycles. The van der Waals surface area contributed by atoms with Crippen molar-refractivity contribution in [2.75, 3.05) is 45.3 Å². The van der Waals surface area contributed by atoms with Crippen LogP contribution in [0, 0.1) is 6.92 Å². The number of carbonyl (C=O) groups is 1. The lowest BCUT2D eigenvalue weighted by molar-refractivity contribution is 0.171. The van der Waals surface area contributed by atoms with Crippen molar-refractivity contribution in [2.24, 2.45) is 0 Å². The number of urea groups is 1. The van der Waals surface area contributed by atoms with Gasteiger partial charge in [0.15, 0.2) is 11.5 Å². The average molecular weight is 400 g/mol. The number of fused-ring (bicyclic) bond motifs is 1. The molecule has 2 amide bonds. The van der Waals surface area contributed by atoms with Crippen molar-refractivity contribution in [1.29, 1.82) is 0 Å². The SMILES string of the molecule is COCCCn1c(C)cnc1C1CCN(C(=O)Nc2ccc3c(c2)OCCO3)C1. The summed E-state index contributed by atoms with van der Waals surface area (Å²) in [6.07, 6.45) is 3.77. The number of aryl methyl sites for hydroxylation is 1. The normalized spacial score (nSPS) is 18.1. The van der Waals surface area contributed by atoms with Crippen molar-refractivity contribution in [3.8, 4) is 11.5 Å². The van der Waals surface area contributed by atoms with Gasteiger partial charge in [-0.3, -0.25) is 0 Å². The number of anilines is 1. The molecular weight excluding hydrogens is 372 g/mol. The van der Waals surface area contributed by atoms with Crippen LogP contribution >= 0.6 is 0 Å². The minimum atomic E-state index is -0.0987. The van der Waals surface area contributed by atoms with E-state index >= 15 is 0 Å². The second-order valence-corrected chi connectivity index (χ2v) is 7.48. The van der Waals surface area contributed by atoms with Crippen LogP contribution in [-0.4, -0.2) is 60.5 Å². The first kappa shape index (κ1) is 19.6. The summed E-state index contributed by atoms with van der Waals surface area (Å²) < 4.78 is 18.6. The van der Waals surface area contributed by atoms with Crippen LogP contribution in [0.3, 0.4) is 0 Å². The standard InChI is InChI=1S/C21H28N4O4/c1-15-13-22-20(25(15)7-3-9-27-2)16-6-8-24(14-16)21(26)23-17-4-5-18-19(12-17)29-11-10-28-18/h4-5,12-13,16H,3,6-11,14H2,1-2H3,(H,23,26). The molecule has 0 spiro atoms. The highest BCUT2D eigenvalue weighted by molar-refractivity contribution is 5.90. The smallest absolute Gasteiger partial charge is 0.321 e. The molecule has 8 heteroatoms. The fraction of sp³-hybridized carbons (Fsp3) is 0.524. The average Bonchev–Trinajstić information content (AvgIpc) is 3.35. The third-order valence-electron chi connectivity index (χ3n) is 5.45. The van der Waals surface area contributed by atoms with Gasteiger partial charge in [-0.2, -0.15) is 0 Å². The third-order valence-corrected chi connectivity index (χ3v) is 5.45. The Morgan fingerprint density at radius 3 is 2.97 bits per heavy atom. The van der Waals surface area contributed by atoms with Gasteiger partial charge in [0, 0.05) is 62.9 Å². The van der Waals surface area contributed by atoms with Crippen LogP contribution in [0.2, 0.25) is 0 Å². The zero-order valence-corrected chi connectivity index (χ0v) is 17.0. The molecule has 4 rings (SSSR count). The Kier molecular flexibility index (Phi) is 5.89. The summed E-state index contributed by atoms with van der Waals surface area (Å²) >= 11 is 0. The first-order valence-corrected chi connectivity index (χ1v) is 10.1. The maximum atomic E-state index is 12.8. The van der Waals surface area contributed by atoms with Gasteiger partial charge in [-0.15, -0.1) is 0 Å². The number of nitrogens with zero attached hydrogens (tertiary/aromatic N) is 3. The maximum absolute atomic E-state index is 12.8. The van der Waals surface area contributed by atoms with E-state index in [4.69, 9.17) is 14.2 Å². The number of rotatable bonds is 6. The van der Waals surface area contributed by atoms with Crippen LogP contribution in [0.1, 0.15) is 30.3 Å². The third kappa shape index (κ3) is 4.32. The first-order valence-electron chi connectivity index (χ1n) is 10.1. The van der Waals surface area contributed by atoms with Crippen LogP contribution < -0.4 is 14.8 Å². The zero-order chi connectivity index (χ0) is 20.2. The minimum absolute atomic E-state index is 0.0987. The van der Waals surface area contributed by atoms with E-state index in [9.17, 15) is 4.79 Å². The molecule has 1 saturated heterocycles. The maximum Gasteiger partial charge on any atom is 0.321 e. The van der Waals surface area contributed by atoms with E-state index in [0.717, 1.165) is 37.5 Å². The van der Waals surface area contributed by atoms with Crippen molar-refractivity contribution in [3.05, 3.63) is 35.9 Å². The Morgan fingerprint density at radius 2 is 2.14 bits per heavy atom. The summed E-state index contributed by atoms with van der Waals surface area (Å²) in [5, 5.41) is 2.98. The number of amides is 2. The van der Waals surface area contributed by atoms with E-state index < -0.39 is 0 Å². The summed E-state index contributed by atoms with van der Waals surface area (Å²) in [6, 6.07) is 5.38. The van der Waals surface area contributed by atoms with Crippen molar-refractivity contribution in [3.63, 3.8) is 0 Å². The second-order valence-electron chi connectivity index (χ2n) is 7.48. The number of benzene rings is 1. The number of nitrogens with one attached hydrogen (secondary N) is 1. The van der Waals surface area contributed by atoms with Crippen molar-refractivity contribution >= 4 is 11.7 Å². The second kappa shape index (κ2) is 8.73. The van der Waals surface area contributed by atoms with Crippen LogP contribution in [-0.2, 0) is 11.3 Å². The molecule has 1 N–H and O–H groups in total. The van der Waals surface area contributed by atoms with E-state index in [-0.39, 0.29) is 11.9 Å². The summed E-state index contributed by atoms with van der Waals surface area (Å²) in [7, 11) is 1.72. The monoisotopic (exact) mass is 400 g/mol. The van der Waals surface area contributed by atoms with Gasteiger partial charge < -0.3 is 29.0 Å². The van der Waals surface area contributed by atoms with Gasteiger partial charge in [-0.05, 0) is 31.9 Å². The molecule has 1 aromatic carbocycles. The van der Waals surface area contributed by atoms with Crippen molar-refractivity contribution in [2.45, 2.75) is 32.2 Å². The Morgan fingerprint density at radius 1 is 1.31 bits per heavy atom. The number of ether oxygens (including phenoxy) is 3. The zero-order valence-electron chi connectivity index (χ0n) is 17.0. The molecule has 1 fully saturated rings. The van der Waals surface area contributed by atoms with Crippen LogP contribution in [0.15, 0.2) is 24.4 Å². The summed E-state index contributed by atoms with van der Waals surface area (Å²) in [5.74, 6) is 2.69. The van der Waals surface area contributed by atoms with E-state index in [1.165, 1.54) is 0 Å². The molecule has 1 aromatic heterocycles. The van der Waals surface area contributed by atoms with E-state index in [2.05, 4.69) is 21.8 Å². The van der Waals surface area contributed by atoms with Gasteiger partial charge in [-0.1, -0.05) is 0 Å². The highest BCUT2D eigenvalue weighted by atomic mass is 16.6. The Bertz CT molecular complexity index is 866. The molecule has 156 valence electrons. The largest absolute Gasteiger partial charge is 0.486 e. The molecule has 2 aliphatic heterocycles. The highest BCUT2D eigenvalue weighted by Crippen LogP contribution is 2.33. The highest BCUT2D eigenvalue weighted by Gasteiger charge is 2.30. The van der Waals surface area contributed by atoms with Gasteiger partial charge in [0.25, 0.3) is 0 Å². The molecule has 3 heterocycles. The number of likely N-dealkylation sites (tertiary alicyclic amines) is 1. The van der Waals surface area contributed by atoms with Gasteiger partial charge in [-0.25, -0.2) is 9.78 Å². The molecule has 0 radical (unpaired) electrons. The number of hydrogen-bond acceptors (Lipinski definition) is 5. The fourth-order valence-electron chi connectivity index (χ4n) is 3.94. The Hall–Kier alpha value is -2.74. The minimum Gasteiger partial charge on any atom is -0.486 e. The van der Waals surface area contributed by atoms with E-state index in [1.807, 2.05) is 29.3 Å². The molecular formula is C21H28N4O4. The summed E-state index contributed by atoms with van der Waals surface area (Å²) in [6.45, 7) is 6.14. The number of aromatic nitrogens is 2. The Labute approximate surface area is 170 Å². The first-order chi connectivity index (χ1) is 14.2. The topological polar surface area (TPSA) is 77.9 Å². The molecule has 2 aromatic rings. The number of methoxy groups -OCH3 is 1. The number of hydrogen-bond donors (Lipinski definition) is 1. The molecule has 29 heavy (non-hydrogen) atoms. The summed E-state index contributed by atoms with van der Waals surface area (Å²) in [5.41, 5.74) is 1.86. The van der Waals surface area contributed by atoms with Crippen molar-refractivity contribution < 1.29 is 19.0 Å². The molecule has 8 nitrogen and oxygen atoms in total. The summed E-state index contributed by atoms with van der Waals surface area (Å²) in [4.78, 5) is 19.2. The predicted octanol–water partition coefficient (Wildman–Crippen LogP) is 3.02. The number of imidazole rings is 1. The van der Waals surface area contributed by atoms with Gasteiger partial charge in [0.2, 0.25) is 0 Å². The Balaban J connectivity index is 1.38. The van der Waals surface area contributed by atoms with Crippen LogP contribution in [0.5, 0.6) is 11.5 Å². The van der Waals surface area contributed by atoms with Gasteiger partial charge >= 0.3 is 6.03 Å². The van der Waals surface area contributed by atoms with Gasteiger partial charge in [0.1, 0.15) is 19.0 Å². The fourth-order valence-corrected chi connectivity index (χ4v) is 3.94. The predicted molar refractivity (Wildman–Crippen MR) is 109 cm³/mol. The van der Waals surface area contributed by atoms with E-state index in [1.54, 1.807) is 7.11 Å². The van der Waals surface area contributed by atoms with Gasteiger partial charge in [0.05, 0.1) is 0 Å². The quantitative estimate of drug-likeness (QED) is 0.754. The molecule has 1 atom stereocenters. The van der Waals surface area contributed by atoms with Crippen molar-refractivity contribution in [1.82, 2.24) is 14.5 Å². The molecule has 0 bridgehead atoms. The lowest BCUT2D eigenvalue weighted by Gasteiger charge is -2.21.